The average molecular weight is 414 g/mol. The number of carbonyl (C=O) groups excluding carboxylic acids is 1. The average Bonchev–Trinajstić information content (AvgIpc) is 2.61. The number of aromatic nitrogens is 1. The quantitative estimate of drug-likeness (QED) is 0.570. The van der Waals surface area contributed by atoms with Gasteiger partial charge in [-0.2, -0.15) is 0 Å². The molecular formula is C18H24BrNO5. The Kier molecular flexibility index (Phi) is 6.59. The summed E-state index contributed by atoms with van der Waals surface area (Å²) in [5.74, 6) is 0.0852. The van der Waals surface area contributed by atoms with Crippen LogP contribution in [0.3, 0.4) is 0 Å². The van der Waals surface area contributed by atoms with Crippen molar-refractivity contribution in [2.24, 2.45) is 5.41 Å². The second kappa shape index (κ2) is 8.29. The molecule has 138 valence electrons. The van der Waals surface area contributed by atoms with Crippen molar-refractivity contribution >= 4 is 21.9 Å². The normalized spacial score (nSPS) is 24.4. The van der Waals surface area contributed by atoms with Crippen LogP contribution in [0.2, 0.25) is 0 Å². The first-order valence-corrected chi connectivity index (χ1v) is 8.92. The molecule has 0 amide bonds. The molecule has 0 saturated carbocycles. The zero-order valence-electron chi connectivity index (χ0n) is 14.8. The first-order valence-electron chi connectivity index (χ1n) is 8.13. The van der Waals surface area contributed by atoms with E-state index in [2.05, 4.69) is 27.5 Å². The lowest BCUT2D eigenvalue weighted by atomic mass is 9.70. The van der Waals surface area contributed by atoms with E-state index < -0.39 is 23.6 Å². The number of carbonyl (C=O) groups is 1. The van der Waals surface area contributed by atoms with Crippen LogP contribution in [-0.2, 0) is 14.3 Å². The van der Waals surface area contributed by atoms with Crippen LogP contribution in [0, 0.1) is 12.3 Å². The molecule has 2 unspecified atom stereocenters. The molecule has 1 aliphatic rings. The maximum atomic E-state index is 11.8. The Morgan fingerprint density at radius 1 is 1.68 bits per heavy atom. The lowest BCUT2D eigenvalue weighted by Gasteiger charge is -2.45. The van der Waals surface area contributed by atoms with Crippen LogP contribution in [0.15, 0.2) is 23.3 Å². The van der Waals surface area contributed by atoms with E-state index >= 15 is 0 Å². The summed E-state index contributed by atoms with van der Waals surface area (Å²) in [6.45, 7) is 7.51. The summed E-state index contributed by atoms with van der Waals surface area (Å²) in [4.78, 5) is 16.3. The van der Waals surface area contributed by atoms with Crippen LogP contribution < -0.4 is 4.74 Å². The van der Waals surface area contributed by atoms with Crippen LogP contribution in [-0.4, -0.2) is 42.5 Å². The molecule has 0 spiro atoms. The maximum absolute atomic E-state index is 11.8. The highest BCUT2D eigenvalue weighted by atomic mass is 79.9. The zero-order valence-corrected chi connectivity index (χ0v) is 16.3. The van der Waals surface area contributed by atoms with Gasteiger partial charge in [-0.05, 0) is 35.7 Å². The zero-order chi connectivity index (χ0) is 18.6. The molecule has 0 aliphatic carbocycles. The van der Waals surface area contributed by atoms with Gasteiger partial charge < -0.3 is 19.3 Å². The molecule has 1 N–H and O–H groups in total. The number of halogens is 1. The van der Waals surface area contributed by atoms with Crippen molar-refractivity contribution in [3.63, 3.8) is 0 Å². The number of rotatable bonds is 6. The van der Waals surface area contributed by atoms with Gasteiger partial charge in [-0.15, -0.1) is 6.58 Å². The molecule has 25 heavy (non-hydrogen) atoms. The second-order valence-electron chi connectivity index (χ2n) is 6.10. The Balaban J connectivity index is 2.65. The number of aliphatic hydroxyl groups is 1. The van der Waals surface area contributed by atoms with Gasteiger partial charge in [0.05, 0.1) is 25.2 Å². The van der Waals surface area contributed by atoms with E-state index in [1.54, 1.807) is 19.4 Å². The van der Waals surface area contributed by atoms with Crippen molar-refractivity contribution in [1.82, 2.24) is 4.98 Å². The van der Waals surface area contributed by atoms with Crippen molar-refractivity contribution in [3.8, 4) is 5.75 Å². The molecule has 0 bridgehead atoms. The fourth-order valence-electron chi connectivity index (χ4n) is 3.40. The summed E-state index contributed by atoms with van der Waals surface area (Å²) in [6.07, 6.45) is 3.45. The summed E-state index contributed by atoms with van der Waals surface area (Å²) in [6, 6.07) is 0. The van der Waals surface area contributed by atoms with Gasteiger partial charge in [-0.3, -0.25) is 9.78 Å². The molecule has 3 atom stereocenters. The molecule has 1 aromatic rings. The van der Waals surface area contributed by atoms with E-state index in [0.29, 0.717) is 24.5 Å². The summed E-state index contributed by atoms with van der Waals surface area (Å²) in [5, 5.41) is 9.84. The van der Waals surface area contributed by atoms with Crippen molar-refractivity contribution in [1.29, 1.82) is 0 Å². The van der Waals surface area contributed by atoms with Crippen molar-refractivity contribution in [3.05, 3.63) is 34.6 Å². The first-order chi connectivity index (χ1) is 11.9. The Morgan fingerprint density at radius 3 is 2.96 bits per heavy atom. The predicted octanol–water partition coefficient (Wildman–Crippen LogP) is 3.11. The molecule has 0 radical (unpaired) electrons. The van der Waals surface area contributed by atoms with Crippen molar-refractivity contribution < 1.29 is 24.1 Å². The van der Waals surface area contributed by atoms with Crippen LogP contribution in [0.25, 0.3) is 0 Å². The Hall–Kier alpha value is -1.44. The smallest absolute Gasteiger partial charge is 0.303 e. The minimum atomic E-state index is -0.792. The van der Waals surface area contributed by atoms with Crippen LogP contribution in [0.1, 0.15) is 37.1 Å². The van der Waals surface area contributed by atoms with Gasteiger partial charge in [0.1, 0.15) is 11.4 Å². The standard InChI is InChI=1S/C18H24BrNO5/c1-5-18(7-6-8-24-14(18)10-21)17(25-12(3)22)15-16(23-4)11(2)13(19)9-20-15/h5,9,14,17,21H,1,6-8,10H2,2-4H3/t14-,17?,18?/m1/s1. The molecule has 1 saturated heterocycles. The summed E-state index contributed by atoms with van der Waals surface area (Å²) >= 11 is 3.44. The fraction of sp³-hybridized carbons (Fsp3) is 0.556. The topological polar surface area (TPSA) is 77.9 Å². The first kappa shape index (κ1) is 19.9. The lowest BCUT2D eigenvalue weighted by Crippen LogP contribution is -2.47. The van der Waals surface area contributed by atoms with Gasteiger partial charge in [0, 0.05) is 29.8 Å². The minimum absolute atomic E-state index is 0.207. The second-order valence-corrected chi connectivity index (χ2v) is 6.96. The molecule has 7 heteroatoms. The Labute approximate surface area is 156 Å². The molecule has 2 rings (SSSR count). The van der Waals surface area contributed by atoms with E-state index in [1.807, 2.05) is 6.92 Å². The maximum Gasteiger partial charge on any atom is 0.303 e. The molecule has 1 fully saturated rings. The van der Waals surface area contributed by atoms with Crippen LogP contribution in [0.4, 0.5) is 0 Å². The van der Waals surface area contributed by atoms with Gasteiger partial charge >= 0.3 is 5.97 Å². The molecule has 6 nitrogen and oxygen atoms in total. The summed E-state index contributed by atoms with van der Waals surface area (Å²) in [5.41, 5.74) is 0.544. The fourth-order valence-corrected chi connectivity index (χ4v) is 3.68. The number of hydrogen-bond donors (Lipinski definition) is 1. The number of pyridine rings is 1. The Bertz CT molecular complexity index is 651. The third-order valence-corrected chi connectivity index (χ3v) is 5.49. The van der Waals surface area contributed by atoms with Crippen molar-refractivity contribution in [2.75, 3.05) is 20.3 Å². The molecule has 1 aromatic heterocycles. The van der Waals surface area contributed by atoms with Gasteiger partial charge in [0.15, 0.2) is 6.10 Å². The lowest BCUT2D eigenvalue weighted by molar-refractivity contribution is -0.172. The van der Waals surface area contributed by atoms with Crippen molar-refractivity contribution in [2.45, 2.75) is 38.9 Å². The minimum Gasteiger partial charge on any atom is -0.494 e. The largest absolute Gasteiger partial charge is 0.494 e. The van der Waals surface area contributed by atoms with Crippen LogP contribution in [0.5, 0.6) is 5.75 Å². The number of esters is 1. The molecule has 0 aromatic carbocycles. The van der Waals surface area contributed by atoms with Crippen LogP contribution >= 0.6 is 15.9 Å². The number of nitrogens with zero attached hydrogens (tertiary/aromatic N) is 1. The number of methoxy groups -OCH3 is 1. The highest BCUT2D eigenvalue weighted by Gasteiger charge is 2.50. The summed E-state index contributed by atoms with van der Waals surface area (Å²) < 4.78 is 17.8. The number of aliphatic hydroxyl groups excluding tert-OH is 1. The van der Waals surface area contributed by atoms with E-state index in [4.69, 9.17) is 14.2 Å². The van der Waals surface area contributed by atoms with Gasteiger partial charge in [-0.25, -0.2) is 0 Å². The molecular weight excluding hydrogens is 390 g/mol. The van der Waals surface area contributed by atoms with Gasteiger partial charge in [0.2, 0.25) is 0 Å². The SMILES string of the molecule is C=CC1(C(OC(C)=O)c2ncc(Br)c(C)c2OC)CCCO[C@@H]1CO. The highest BCUT2D eigenvalue weighted by molar-refractivity contribution is 9.10. The van der Waals surface area contributed by atoms with E-state index in [1.165, 1.54) is 6.92 Å². The van der Waals surface area contributed by atoms with E-state index in [0.717, 1.165) is 16.5 Å². The predicted molar refractivity (Wildman–Crippen MR) is 96.4 cm³/mol. The van der Waals surface area contributed by atoms with Gasteiger partial charge in [0.25, 0.3) is 0 Å². The third kappa shape index (κ3) is 3.73. The number of hydrogen-bond acceptors (Lipinski definition) is 6. The molecule has 2 heterocycles. The summed E-state index contributed by atoms with van der Waals surface area (Å²) in [7, 11) is 1.55. The Morgan fingerprint density at radius 2 is 2.40 bits per heavy atom. The number of ether oxygens (including phenoxy) is 3. The monoisotopic (exact) mass is 413 g/mol. The highest BCUT2D eigenvalue weighted by Crippen LogP contribution is 2.50. The third-order valence-electron chi connectivity index (χ3n) is 4.69. The molecule has 1 aliphatic heterocycles. The van der Waals surface area contributed by atoms with E-state index in [-0.39, 0.29) is 6.61 Å². The van der Waals surface area contributed by atoms with E-state index in [9.17, 15) is 9.90 Å². The van der Waals surface area contributed by atoms with Gasteiger partial charge in [-0.1, -0.05) is 6.08 Å².